The van der Waals surface area contributed by atoms with Gasteiger partial charge in [-0.15, -0.1) is 10.2 Å². The van der Waals surface area contributed by atoms with Gasteiger partial charge < -0.3 is 0 Å². The maximum atomic E-state index is 12.8. The van der Waals surface area contributed by atoms with Crippen molar-refractivity contribution in [3.05, 3.63) is 28.2 Å². The van der Waals surface area contributed by atoms with Crippen LogP contribution in [0.25, 0.3) is 11.4 Å². The Bertz CT molecular complexity index is 804. The Labute approximate surface area is 130 Å². The van der Waals surface area contributed by atoms with Crippen LogP contribution in [0.4, 0.5) is 13.2 Å². The van der Waals surface area contributed by atoms with Crippen LogP contribution in [-0.4, -0.2) is 23.2 Å². The topological polar surface area (TPSA) is 64.8 Å². The summed E-state index contributed by atoms with van der Waals surface area (Å²) in [5.74, 6) is -0.0489. The van der Waals surface area contributed by atoms with Crippen LogP contribution in [0.15, 0.2) is 27.8 Å². The standard InChI is InChI=1S/C10H6BrClF3N3O2S/c1-18-8(16-17-9(18)21(12,19)20)5-2-3-7(11)6(4-5)10(13,14)15/h2-4H,1H3. The summed E-state index contributed by atoms with van der Waals surface area (Å²) >= 11 is 2.81. The van der Waals surface area contributed by atoms with Crippen LogP contribution in [0.2, 0.25) is 0 Å². The molecule has 0 aliphatic rings. The molecular weight excluding hydrogens is 399 g/mol. The number of alkyl halides is 3. The Morgan fingerprint density at radius 3 is 2.38 bits per heavy atom. The van der Waals surface area contributed by atoms with E-state index in [1.165, 1.54) is 19.2 Å². The second kappa shape index (κ2) is 5.25. The molecule has 0 saturated carbocycles. The summed E-state index contributed by atoms with van der Waals surface area (Å²) in [5, 5.41) is 6.40. The number of nitrogens with zero attached hydrogens (tertiary/aromatic N) is 3. The van der Waals surface area contributed by atoms with Crippen molar-refractivity contribution >= 4 is 35.7 Å². The van der Waals surface area contributed by atoms with E-state index in [4.69, 9.17) is 10.7 Å². The van der Waals surface area contributed by atoms with Crippen molar-refractivity contribution in [2.24, 2.45) is 7.05 Å². The zero-order chi connectivity index (χ0) is 16.0. The number of hydrogen-bond donors (Lipinski definition) is 0. The summed E-state index contributed by atoms with van der Waals surface area (Å²) in [6.07, 6.45) is -4.56. The molecule has 114 valence electrons. The van der Waals surface area contributed by atoms with E-state index in [2.05, 4.69) is 26.1 Å². The third-order valence-corrected chi connectivity index (χ3v) is 4.48. The molecule has 1 aromatic carbocycles. The number of rotatable bonds is 2. The highest BCUT2D eigenvalue weighted by Crippen LogP contribution is 2.37. The van der Waals surface area contributed by atoms with Crippen LogP contribution in [0, 0.1) is 0 Å². The summed E-state index contributed by atoms with van der Waals surface area (Å²) in [6.45, 7) is 0. The van der Waals surface area contributed by atoms with Crippen molar-refractivity contribution in [3.63, 3.8) is 0 Å². The van der Waals surface area contributed by atoms with Gasteiger partial charge in [-0.1, -0.05) is 22.0 Å². The van der Waals surface area contributed by atoms with Crippen LogP contribution < -0.4 is 0 Å². The molecule has 0 bridgehead atoms. The Hall–Kier alpha value is -1.13. The minimum absolute atomic E-state index is 0.0489. The van der Waals surface area contributed by atoms with Crippen molar-refractivity contribution < 1.29 is 21.6 Å². The van der Waals surface area contributed by atoms with Gasteiger partial charge in [-0.25, -0.2) is 8.42 Å². The smallest absolute Gasteiger partial charge is 0.300 e. The normalized spacial score (nSPS) is 12.7. The Balaban J connectivity index is 2.62. The SMILES string of the molecule is Cn1c(-c2ccc(Br)c(C(F)(F)F)c2)nnc1S(=O)(=O)Cl. The third kappa shape index (κ3) is 3.22. The first-order valence-electron chi connectivity index (χ1n) is 5.23. The highest BCUT2D eigenvalue weighted by Gasteiger charge is 2.33. The Kier molecular flexibility index (Phi) is 4.06. The van der Waals surface area contributed by atoms with Crippen molar-refractivity contribution in [2.45, 2.75) is 11.3 Å². The van der Waals surface area contributed by atoms with Gasteiger partial charge in [0.1, 0.15) is 0 Å². The molecule has 21 heavy (non-hydrogen) atoms. The summed E-state index contributed by atoms with van der Waals surface area (Å²) in [5.41, 5.74) is -0.842. The van der Waals surface area contributed by atoms with E-state index in [1.54, 1.807) is 0 Å². The van der Waals surface area contributed by atoms with Crippen LogP contribution in [0.3, 0.4) is 0 Å². The van der Waals surface area contributed by atoms with Gasteiger partial charge in [-0.05, 0) is 12.1 Å². The zero-order valence-corrected chi connectivity index (χ0v) is 13.3. The van der Waals surface area contributed by atoms with Crippen molar-refractivity contribution in [1.82, 2.24) is 14.8 Å². The van der Waals surface area contributed by atoms with E-state index in [0.717, 1.165) is 10.6 Å². The molecule has 2 aromatic rings. The van der Waals surface area contributed by atoms with E-state index in [0.29, 0.717) is 0 Å². The Morgan fingerprint density at radius 1 is 1.29 bits per heavy atom. The molecule has 0 fully saturated rings. The highest BCUT2D eigenvalue weighted by atomic mass is 79.9. The second-order valence-electron chi connectivity index (χ2n) is 4.00. The van der Waals surface area contributed by atoms with Gasteiger partial charge in [0, 0.05) is 27.8 Å². The van der Waals surface area contributed by atoms with Crippen molar-refractivity contribution in [2.75, 3.05) is 0 Å². The summed E-state index contributed by atoms with van der Waals surface area (Å²) in [4.78, 5) is 0. The molecule has 0 saturated heterocycles. The zero-order valence-electron chi connectivity index (χ0n) is 10.2. The molecule has 5 nitrogen and oxygen atoms in total. The maximum absolute atomic E-state index is 12.8. The molecule has 0 atom stereocenters. The van der Waals surface area contributed by atoms with Gasteiger partial charge in [0.05, 0.1) is 5.56 Å². The number of hydrogen-bond acceptors (Lipinski definition) is 4. The van der Waals surface area contributed by atoms with Gasteiger partial charge in [0.25, 0.3) is 14.2 Å². The third-order valence-electron chi connectivity index (χ3n) is 2.58. The Morgan fingerprint density at radius 2 is 1.90 bits per heavy atom. The van der Waals surface area contributed by atoms with Crippen LogP contribution in [0.5, 0.6) is 0 Å². The molecule has 0 spiro atoms. The molecule has 0 aliphatic heterocycles. The fourth-order valence-corrected chi connectivity index (χ4v) is 3.09. The quantitative estimate of drug-likeness (QED) is 0.721. The van der Waals surface area contributed by atoms with Gasteiger partial charge in [0.15, 0.2) is 5.82 Å². The largest absolute Gasteiger partial charge is 0.417 e. The van der Waals surface area contributed by atoms with Gasteiger partial charge in [-0.2, -0.15) is 13.2 Å². The number of benzene rings is 1. The molecule has 0 aliphatic carbocycles. The van der Waals surface area contributed by atoms with Crippen molar-refractivity contribution in [3.8, 4) is 11.4 Å². The molecule has 2 rings (SSSR count). The first kappa shape index (κ1) is 16.2. The predicted octanol–water partition coefficient (Wildman–Crippen LogP) is 3.19. The lowest BCUT2D eigenvalue weighted by molar-refractivity contribution is -0.138. The predicted molar refractivity (Wildman–Crippen MR) is 72.2 cm³/mol. The van der Waals surface area contributed by atoms with E-state index in [1.807, 2.05) is 0 Å². The molecule has 1 heterocycles. The number of aromatic nitrogens is 3. The van der Waals surface area contributed by atoms with Crippen LogP contribution in [-0.2, 0) is 22.3 Å². The molecule has 0 unspecified atom stereocenters. The molecule has 11 heteroatoms. The molecule has 0 radical (unpaired) electrons. The van der Waals surface area contributed by atoms with Gasteiger partial charge in [-0.3, -0.25) is 4.57 Å². The molecular formula is C10H6BrClF3N3O2S. The monoisotopic (exact) mass is 403 g/mol. The first-order chi connectivity index (χ1) is 9.51. The lowest BCUT2D eigenvalue weighted by atomic mass is 10.1. The minimum atomic E-state index is -4.56. The second-order valence-corrected chi connectivity index (χ2v) is 7.31. The number of halogens is 5. The van der Waals surface area contributed by atoms with E-state index in [-0.39, 0.29) is 15.9 Å². The first-order valence-corrected chi connectivity index (χ1v) is 8.33. The summed E-state index contributed by atoms with van der Waals surface area (Å²) in [6, 6.07) is 3.40. The van der Waals surface area contributed by atoms with Crippen LogP contribution >= 0.6 is 26.6 Å². The van der Waals surface area contributed by atoms with E-state index < -0.39 is 25.9 Å². The van der Waals surface area contributed by atoms with Gasteiger partial charge in [0.2, 0.25) is 0 Å². The summed E-state index contributed by atoms with van der Waals surface area (Å²) < 4.78 is 61.9. The molecule has 0 N–H and O–H groups in total. The lowest BCUT2D eigenvalue weighted by Gasteiger charge is -2.10. The van der Waals surface area contributed by atoms with E-state index in [9.17, 15) is 21.6 Å². The average molecular weight is 405 g/mol. The summed E-state index contributed by atoms with van der Waals surface area (Å²) in [7, 11) is 2.31. The van der Waals surface area contributed by atoms with Crippen molar-refractivity contribution in [1.29, 1.82) is 0 Å². The minimum Gasteiger partial charge on any atom is -0.300 e. The highest BCUT2D eigenvalue weighted by molar-refractivity contribution is 9.10. The van der Waals surface area contributed by atoms with Crippen LogP contribution in [0.1, 0.15) is 5.56 Å². The molecule has 1 aromatic heterocycles. The van der Waals surface area contributed by atoms with E-state index >= 15 is 0 Å². The fraction of sp³-hybridized carbons (Fsp3) is 0.200. The maximum Gasteiger partial charge on any atom is 0.417 e. The molecule has 0 amide bonds. The fourth-order valence-electron chi connectivity index (χ4n) is 1.66. The average Bonchev–Trinajstić information content (AvgIpc) is 2.70. The van der Waals surface area contributed by atoms with Gasteiger partial charge >= 0.3 is 6.18 Å². The lowest BCUT2D eigenvalue weighted by Crippen LogP contribution is -2.07.